The molecule has 2 aromatic carbocycles. The zero-order valence-corrected chi connectivity index (χ0v) is 15.6. The van der Waals surface area contributed by atoms with Crippen molar-refractivity contribution in [2.75, 3.05) is 31.1 Å². The number of hydrogen-bond donors (Lipinski definition) is 1. The molecular weight excluding hydrogens is 372 g/mol. The Labute approximate surface area is 159 Å². The van der Waals surface area contributed by atoms with Crippen LogP contribution >= 0.6 is 22.9 Å². The monoisotopic (exact) mass is 389 g/mol. The SMILES string of the molecule is O=[N+]([O-])c1ccc(N2CC[NH+](Cc3nc4ccccc4s3)CC2)c(Cl)c1. The van der Waals surface area contributed by atoms with Crippen molar-refractivity contribution in [2.24, 2.45) is 0 Å². The molecule has 4 rings (SSSR count). The molecule has 1 aromatic heterocycles. The Morgan fingerprint density at radius 2 is 2.00 bits per heavy atom. The van der Waals surface area contributed by atoms with Crippen LogP contribution in [0.4, 0.5) is 11.4 Å². The number of benzene rings is 2. The first-order chi connectivity index (χ1) is 12.6. The highest BCUT2D eigenvalue weighted by molar-refractivity contribution is 7.18. The minimum absolute atomic E-state index is 0.0267. The van der Waals surface area contributed by atoms with Gasteiger partial charge >= 0.3 is 0 Å². The quantitative estimate of drug-likeness (QED) is 0.550. The molecule has 1 aliphatic heterocycles. The maximum atomic E-state index is 10.8. The van der Waals surface area contributed by atoms with E-state index in [2.05, 4.69) is 17.0 Å². The first-order valence-corrected chi connectivity index (χ1v) is 9.66. The number of rotatable bonds is 4. The predicted octanol–water partition coefficient (Wildman–Crippen LogP) is 2.76. The van der Waals surface area contributed by atoms with Gasteiger partial charge in [0.15, 0.2) is 0 Å². The highest BCUT2D eigenvalue weighted by atomic mass is 35.5. The second kappa shape index (κ2) is 7.19. The van der Waals surface area contributed by atoms with Crippen molar-refractivity contribution in [3.63, 3.8) is 0 Å². The zero-order chi connectivity index (χ0) is 18.1. The fourth-order valence-corrected chi connectivity index (χ4v) is 4.65. The van der Waals surface area contributed by atoms with Crippen LogP contribution in [-0.2, 0) is 6.54 Å². The fraction of sp³-hybridized carbons (Fsp3) is 0.278. The third kappa shape index (κ3) is 3.51. The molecule has 2 heterocycles. The minimum atomic E-state index is -0.421. The van der Waals surface area contributed by atoms with Gasteiger partial charge in [-0.25, -0.2) is 4.98 Å². The lowest BCUT2D eigenvalue weighted by Crippen LogP contribution is -3.13. The van der Waals surface area contributed by atoms with Gasteiger partial charge in [-0.3, -0.25) is 10.1 Å². The van der Waals surface area contributed by atoms with Crippen molar-refractivity contribution in [1.82, 2.24) is 4.98 Å². The van der Waals surface area contributed by atoms with Crippen molar-refractivity contribution in [3.05, 3.63) is 62.6 Å². The third-order valence-electron chi connectivity index (χ3n) is 4.69. The smallest absolute Gasteiger partial charge is 0.271 e. The highest BCUT2D eigenvalue weighted by Gasteiger charge is 2.23. The van der Waals surface area contributed by atoms with E-state index in [1.54, 1.807) is 17.4 Å². The number of quaternary nitrogens is 1. The Bertz CT molecular complexity index is 920. The van der Waals surface area contributed by atoms with Crippen LogP contribution in [0.1, 0.15) is 5.01 Å². The van der Waals surface area contributed by atoms with Crippen LogP contribution in [0.25, 0.3) is 10.2 Å². The van der Waals surface area contributed by atoms with Crippen LogP contribution in [0.3, 0.4) is 0 Å². The Kier molecular flexibility index (Phi) is 4.76. The number of nitrogens with one attached hydrogen (secondary N) is 1. The number of anilines is 1. The van der Waals surface area contributed by atoms with Crippen molar-refractivity contribution < 1.29 is 9.82 Å². The van der Waals surface area contributed by atoms with Crippen LogP contribution in [0, 0.1) is 10.1 Å². The molecule has 1 saturated heterocycles. The summed E-state index contributed by atoms with van der Waals surface area (Å²) in [6.45, 7) is 4.66. The van der Waals surface area contributed by atoms with Gasteiger partial charge in [-0.1, -0.05) is 23.7 Å². The number of nitro benzene ring substituents is 1. The number of nitro groups is 1. The second-order valence-electron chi connectivity index (χ2n) is 6.38. The maximum Gasteiger partial charge on any atom is 0.271 e. The summed E-state index contributed by atoms with van der Waals surface area (Å²) in [5.41, 5.74) is 1.97. The lowest BCUT2D eigenvalue weighted by molar-refractivity contribution is -0.914. The van der Waals surface area contributed by atoms with Gasteiger partial charge in [0.1, 0.15) is 11.6 Å². The van der Waals surface area contributed by atoms with E-state index in [4.69, 9.17) is 16.6 Å². The summed E-state index contributed by atoms with van der Waals surface area (Å²) < 4.78 is 1.23. The van der Waals surface area contributed by atoms with Crippen LogP contribution < -0.4 is 9.80 Å². The van der Waals surface area contributed by atoms with Crippen molar-refractivity contribution >= 4 is 44.5 Å². The number of fused-ring (bicyclic) bond motifs is 1. The molecule has 3 aromatic rings. The molecule has 6 nitrogen and oxygen atoms in total. The molecule has 1 aliphatic rings. The average Bonchev–Trinajstić information content (AvgIpc) is 3.04. The van der Waals surface area contributed by atoms with Crippen LogP contribution in [0.15, 0.2) is 42.5 Å². The van der Waals surface area contributed by atoms with Gasteiger partial charge in [0, 0.05) is 12.1 Å². The van der Waals surface area contributed by atoms with Gasteiger partial charge in [0.25, 0.3) is 5.69 Å². The van der Waals surface area contributed by atoms with E-state index in [-0.39, 0.29) is 5.69 Å². The first-order valence-electron chi connectivity index (χ1n) is 8.47. The molecule has 0 unspecified atom stereocenters. The number of non-ortho nitro benzene ring substituents is 1. The van der Waals surface area contributed by atoms with Gasteiger partial charge in [-0.15, -0.1) is 11.3 Å². The molecule has 0 saturated carbocycles. The summed E-state index contributed by atoms with van der Waals surface area (Å²) in [6.07, 6.45) is 0. The van der Waals surface area contributed by atoms with Crippen LogP contribution in [-0.4, -0.2) is 36.1 Å². The molecule has 1 fully saturated rings. The lowest BCUT2D eigenvalue weighted by atomic mass is 10.2. The fourth-order valence-electron chi connectivity index (χ4n) is 3.32. The average molecular weight is 390 g/mol. The molecule has 1 N–H and O–H groups in total. The summed E-state index contributed by atoms with van der Waals surface area (Å²) in [6, 6.07) is 12.9. The Morgan fingerprint density at radius 1 is 1.23 bits per heavy atom. The number of halogens is 1. The Balaban J connectivity index is 1.40. The molecule has 0 amide bonds. The molecule has 8 heteroatoms. The van der Waals surface area contributed by atoms with Crippen molar-refractivity contribution in [2.45, 2.75) is 6.54 Å². The minimum Gasteiger partial charge on any atom is -0.359 e. The summed E-state index contributed by atoms with van der Waals surface area (Å²) in [7, 11) is 0. The molecule has 134 valence electrons. The number of hydrogen-bond acceptors (Lipinski definition) is 5. The highest BCUT2D eigenvalue weighted by Crippen LogP contribution is 2.29. The largest absolute Gasteiger partial charge is 0.359 e. The Hall–Kier alpha value is -2.22. The van der Waals surface area contributed by atoms with Gasteiger partial charge < -0.3 is 9.80 Å². The standard InChI is InChI=1S/C18H17ClN4O2S/c19-14-11-13(23(24)25)5-6-16(14)22-9-7-21(8-10-22)12-18-20-15-3-1-2-4-17(15)26-18/h1-6,11H,7-10,12H2/p+1. The molecule has 0 atom stereocenters. The van der Waals surface area contributed by atoms with Crippen LogP contribution in [0.2, 0.25) is 5.02 Å². The normalized spacial score (nSPS) is 15.5. The number of para-hydroxylation sites is 1. The number of aromatic nitrogens is 1. The molecule has 0 aliphatic carbocycles. The predicted molar refractivity (Wildman–Crippen MR) is 104 cm³/mol. The summed E-state index contributed by atoms with van der Waals surface area (Å²) in [5.74, 6) is 0. The van der Waals surface area contributed by atoms with E-state index >= 15 is 0 Å². The van der Waals surface area contributed by atoms with Crippen molar-refractivity contribution in [3.8, 4) is 0 Å². The number of nitrogens with zero attached hydrogens (tertiary/aromatic N) is 3. The van der Waals surface area contributed by atoms with Gasteiger partial charge in [-0.2, -0.15) is 0 Å². The van der Waals surface area contributed by atoms with Gasteiger partial charge in [0.05, 0.1) is 52.0 Å². The maximum absolute atomic E-state index is 10.8. The summed E-state index contributed by atoms with van der Waals surface area (Å²) in [4.78, 5) is 18.9. The zero-order valence-electron chi connectivity index (χ0n) is 14.0. The topological polar surface area (TPSA) is 63.7 Å². The number of thiazole rings is 1. The first kappa shape index (κ1) is 17.2. The second-order valence-corrected chi connectivity index (χ2v) is 7.90. The Morgan fingerprint density at radius 3 is 2.69 bits per heavy atom. The van der Waals surface area contributed by atoms with E-state index in [9.17, 15) is 10.1 Å². The van der Waals surface area contributed by atoms with E-state index in [0.29, 0.717) is 5.02 Å². The third-order valence-corrected chi connectivity index (χ3v) is 6.03. The molecule has 0 spiro atoms. The van der Waals surface area contributed by atoms with Gasteiger partial charge in [0.2, 0.25) is 0 Å². The van der Waals surface area contributed by atoms with Crippen LogP contribution in [0.5, 0.6) is 0 Å². The van der Waals surface area contributed by atoms with E-state index in [1.807, 2.05) is 12.1 Å². The van der Waals surface area contributed by atoms with E-state index < -0.39 is 4.92 Å². The van der Waals surface area contributed by atoms with Gasteiger partial charge in [-0.05, 0) is 18.2 Å². The lowest BCUT2D eigenvalue weighted by Gasteiger charge is -2.33. The molecule has 26 heavy (non-hydrogen) atoms. The molecule has 0 bridgehead atoms. The van der Waals surface area contributed by atoms with E-state index in [1.165, 1.54) is 26.7 Å². The van der Waals surface area contributed by atoms with Crippen molar-refractivity contribution in [1.29, 1.82) is 0 Å². The number of piperazine rings is 1. The van der Waals surface area contributed by atoms with E-state index in [0.717, 1.165) is 43.9 Å². The summed E-state index contributed by atoms with van der Waals surface area (Å²) >= 11 is 8.02. The summed E-state index contributed by atoms with van der Waals surface area (Å²) in [5, 5.41) is 12.5. The molecule has 0 radical (unpaired) electrons. The molecular formula is C18H18ClN4O2S+.